The summed E-state index contributed by atoms with van der Waals surface area (Å²) in [6, 6.07) is 12.8. The molecule has 0 unspecified atom stereocenters. The van der Waals surface area contributed by atoms with Crippen LogP contribution < -0.4 is 0 Å². The van der Waals surface area contributed by atoms with Gasteiger partial charge < -0.3 is 9.30 Å². The van der Waals surface area contributed by atoms with E-state index in [1.165, 1.54) is 0 Å². The van der Waals surface area contributed by atoms with Crippen molar-refractivity contribution in [3.05, 3.63) is 59.4 Å². The van der Waals surface area contributed by atoms with Crippen molar-refractivity contribution in [3.63, 3.8) is 0 Å². The molecule has 0 radical (unpaired) electrons. The van der Waals surface area contributed by atoms with Crippen molar-refractivity contribution in [2.45, 2.75) is 6.92 Å². The standard InChI is InChI=1S/C16H13ClN2O2/c1-2-21-16(20)12-3-6-13(7-4-12)19-10-9-11-5-8-14(17)18-15(11)19/h3-10H,2H2,1H3. The van der Waals surface area contributed by atoms with Crippen LogP contribution in [0.5, 0.6) is 0 Å². The molecular weight excluding hydrogens is 288 g/mol. The van der Waals surface area contributed by atoms with Crippen molar-refractivity contribution in [1.82, 2.24) is 9.55 Å². The second-order valence-corrected chi connectivity index (χ2v) is 4.89. The van der Waals surface area contributed by atoms with Crippen LogP contribution in [0, 0.1) is 0 Å². The number of nitrogens with zero attached hydrogens (tertiary/aromatic N) is 2. The summed E-state index contributed by atoms with van der Waals surface area (Å²) >= 11 is 5.95. The summed E-state index contributed by atoms with van der Waals surface area (Å²) in [7, 11) is 0. The van der Waals surface area contributed by atoms with E-state index in [0.29, 0.717) is 17.3 Å². The van der Waals surface area contributed by atoms with Gasteiger partial charge in [-0.15, -0.1) is 0 Å². The van der Waals surface area contributed by atoms with E-state index in [1.807, 2.05) is 35.0 Å². The number of aromatic nitrogens is 2. The normalized spacial score (nSPS) is 10.8. The molecule has 0 aliphatic carbocycles. The highest BCUT2D eigenvalue weighted by atomic mass is 35.5. The van der Waals surface area contributed by atoms with Crippen LogP contribution in [0.25, 0.3) is 16.7 Å². The fourth-order valence-electron chi connectivity index (χ4n) is 2.17. The second kappa shape index (κ2) is 5.58. The Bertz CT molecular complexity index is 794. The molecule has 0 fully saturated rings. The Morgan fingerprint density at radius 1 is 1.19 bits per heavy atom. The van der Waals surface area contributed by atoms with Crippen LogP contribution in [-0.2, 0) is 4.74 Å². The molecule has 0 atom stereocenters. The SMILES string of the molecule is CCOC(=O)c1ccc(-n2ccc3ccc(Cl)nc32)cc1. The first-order valence-electron chi connectivity index (χ1n) is 6.60. The van der Waals surface area contributed by atoms with E-state index in [9.17, 15) is 4.79 Å². The molecule has 4 nitrogen and oxygen atoms in total. The minimum absolute atomic E-state index is 0.317. The maximum absolute atomic E-state index is 11.6. The Morgan fingerprint density at radius 3 is 2.67 bits per heavy atom. The summed E-state index contributed by atoms with van der Waals surface area (Å²) in [4.78, 5) is 16.0. The van der Waals surface area contributed by atoms with Crippen LogP contribution in [0.2, 0.25) is 5.15 Å². The molecule has 0 N–H and O–H groups in total. The number of hydrogen-bond donors (Lipinski definition) is 0. The van der Waals surface area contributed by atoms with Crippen molar-refractivity contribution in [2.24, 2.45) is 0 Å². The first-order chi connectivity index (χ1) is 10.2. The van der Waals surface area contributed by atoms with Crippen LogP contribution >= 0.6 is 11.6 Å². The fourth-order valence-corrected chi connectivity index (χ4v) is 2.31. The molecule has 0 aliphatic rings. The lowest BCUT2D eigenvalue weighted by Crippen LogP contribution is -2.04. The Balaban J connectivity index is 1.99. The molecular formula is C16H13ClN2O2. The van der Waals surface area contributed by atoms with Gasteiger partial charge in [-0.05, 0) is 49.4 Å². The second-order valence-electron chi connectivity index (χ2n) is 4.50. The van der Waals surface area contributed by atoms with Gasteiger partial charge in [-0.3, -0.25) is 0 Å². The zero-order valence-corrected chi connectivity index (χ0v) is 12.2. The lowest BCUT2D eigenvalue weighted by molar-refractivity contribution is 0.0526. The number of carbonyl (C=O) groups excluding carboxylic acids is 1. The highest BCUT2D eigenvalue weighted by molar-refractivity contribution is 6.29. The number of halogens is 1. The Hall–Kier alpha value is -2.33. The summed E-state index contributed by atoms with van der Waals surface area (Å²) in [6.07, 6.45) is 1.92. The molecule has 0 aliphatic heterocycles. The maximum atomic E-state index is 11.6. The molecule has 3 rings (SSSR count). The van der Waals surface area contributed by atoms with Crippen molar-refractivity contribution >= 4 is 28.6 Å². The largest absolute Gasteiger partial charge is 0.462 e. The molecule has 2 heterocycles. The quantitative estimate of drug-likeness (QED) is 0.545. The van der Waals surface area contributed by atoms with Crippen LogP contribution in [0.3, 0.4) is 0 Å². The Kier molecular flexibility index (Phi) is 3.62. The lowest BCUT2D eigenvalue weighted by Gasteiger charge is -2.06. The third-order valence-corrected chi connectivity index (χ3v) is 3.37. The first kappa shape index (κ1) is 13.6. The van der Waals surface area contributed by atoms with Gasteiger partial charge in [0.2, 0.25) is 0 Å². The van der Waals surface area contributed by atoms with E-state index in [-0.39, 0.29) is 5.97 Å². The van der Waals surface area contributed by atoms with E-state index in [4.69, 9.17) is 16.3 Å². The lowest BCUT2D eigenvalue weighted by atomic mass is 10.2. The number of ether oxygens (including phenoxy) is 1. The van der Waals surface area contributed by atoms with Gasteiger partial charge in [-0.25, -0.2) is 9.78 Å². The molecule has 1 aromatic carbocycles. The number of esters is 1. The van der Waals surface area contributed by atoms with Gasteiger partial charge in [0, 0.05) is 17.3 Å². The van der Waals surface area contributed by atoms with Gasteiger partial charge >= 0.3 is 5.97 Å². The molecule has 0 bridgehead atoms. The third kappa shape index (κ3) is 2.62. The van der Waals surface area contributed by atoms with Crippen LogP contribution in [0.15, 0.2) is 48.7 Å². The van der Waals surface area contributed by atoms with Crippen LogP contribution in [-0.4, -0.2) is 22.1 Å². The highest BCUT2D eigenvalue weighted by Gasteiger charge is 2.08. The summed E-state index contributed by atoms with van der Waals surface area (Å²) in [5.74, 6) is -0.317. The number of fused-ring (bicyclic) bond motifs is 1. The van der Waals surface area contributed by atoms with Gasteiger partial charge in [0.15, 0.2) is 0 Å². The van der Waals surface area contributed by atoms with Crippen LogP contribution in [0.4, 0.5) is 0 Å². The van der Waals surface area contributed by atoms with Crippen molar-refractivity contribution < 1.29 is 9.53 Å². The van der Waals surface area contributed by atoms with E-state index in [0.717, 1.165) is 16.7 Å². The van der Waals surface area contributed by atoms with Gasteiger partial charge in [-0.2, -0.15) is 0 Å². The van der Waals surface area contributed by atoms with Gasteiger partial charge in [-0.1, -0.05) is 11.6 Å². The highest BCUT2D eigenvalue weighted by Crippen LogP contribution is 2.21. The van der Waals surface area contributed by atoms with E-state index in [1.54, 1.807) is 25.1 Å². The summed E-state index contributed by atoms with van der Waals surface area (Å²) in [5, 5.41) is 1.46. The molecule has 0 spiro atoms. The predicted octanol–water partition coefficient (Wildman–Crippen LogP) is 3.86. The average molecular weight is 301 g/mol. The molecule has 21 heavy (non-hydrogen) atoms. The first-order valence-corrected chi connectivity index (χ1v) is 6.98. The topological polar surface area (TPSA) is 44.1 Å². The summed E-state index contributed by atoms with van der Waals surface area (Å²) in [6.45, 7) is 2.15. The number of pyridine rings is 1. The smallest absolute Gasteiger partial charge is 0.338 e. The molecule has 2 aromatic heterocycles. The summed E-state index contributed by atoms with van der Waals surface area (Å²) < 4.78 is 6.90. The average Bonchev–Trinajstić information content (AvgIpc) is 2.90. The predicted molar refractivity (Wildman–Crippen MR) is 82.0 cm³/mol. The molecule has 0 saturated carbocycles. The van der Waals surface area contributed by atoms with Gasteiger partial charge in [0.1, 0.15) is 10.8 Å². The zero-order valence-electron chi connectivity index (χ0n) is 11.4. The van der Waals surface area contributed by atoms with Crippen molar-refractivity contribution in [1.29, 1.82) is 0 Å². The number of benzene rings is 1. The molecule has 3 aromatic rings. The molecule has 0 amide bonds. The summed E-state index contributed by atoms with van der Waals surface area (Å²) in [5.41, 5.74) is 2.22. The number of rotatable bonds is 3. The monoisotopic (exact) mass is 300 g/mol. The van der Waals surface area contributed by atoms with Crippen molar-refractivity contribution in [3.8, 4) is 5.69 Å². The van der Waals surface area contributed by atoms with Gasteiger partial charge in [0.05, 0.1) is 12.2 Å². The number of hydrogen-bond acceptors (Lipinski definition) is 3. The van der Waals surface area contributed by atoms with E-state index >= 15 is 0 Å². The Morgan fingerprint density at radius 2 is 1.95 bits per heavy atom. The van der Waals surface area contributed by atoms with Gasteiger partial charge in [0.25, 0.3) is 0 Å². The van der Waals surface area contributed by atoms with E-state index in [2.05, 4.69) is 4.98 Å². The minimum Gasteiger partial charge on any atom is -0.462 e. The Labute approximate surface area is 126 Å². The number of carbonyl (C=O) groups is 1. The van der Waals surface area contributed by atoms with E-state index < -0.39 is 0 Å². The molecule has 106 valence electrons. The van der Waals surface area contributed by atoms with Crippen LogP contribution in [0.1, 0.15) is 17.3 Å². The molecule has 0 saturated heterocycles. The minimum atomic E-state index is -0.317. The fraction of sp³-hybridized carbons (Fsp3) is 0.125. The zero-order chi connectivity index (χ0) is 14.8. The maximum Gasteiger partial charge on any atom is 0.338 e. The molecule has 5 heteroatoms. The van der Waals surface area contributed by atoms with Crippen molar-refractivity contribution in [2.75, 3.05) is 6.61 Å². The third-order valence-electron chi connectivity index (χ3n) is 3.16.